The maximum absolute atomic E-state index is 11.5. The smallest absolute Gasteiger partial charge is 0.243 e. The van der Waals surface area contributed by atoms with Gasteiger partial charge in [-0.15, -0.1) is 0 Å². The van der Waals surface area contributed by atoms with Gasteiger partial charge in [0.15, 0.2) is 0 Å². The maximum atomic E-state index is 11.5. The standard InChI is InChI=1S/C11H16N2O3/c1-7-3-4-10(14)9(5-7)13-11(15)8(12)6-16-2/h3-5,8,14H,6,12H2,1-2H3,(H,13,15). The van der Waals surface area contributed by atoms with E-state index >= 15 is 0 Å². The predicted molar refractivity (Wildman–Crippen MR) is 61.3 cm³/mol. The summed E-state index contributed by atoms with van der Waals surface area (Å²) in [6.07, 6.45) is 0. The number of aryl methyl sites for hydroxylation is 1. The number of amides is 1. The average molecular weight is 224 g/mol. The van der Waals surface area contributed by atoms with Crippen molar-refractivity contribution in [1.29, 1.82) is 0 Å². The minimum absolute atomic E-state index is 0.0172. The number of hydrogen-bond donors (Lipinski definition) is 3. The molecule has 0 aliphatic carbocycles. The van der Waals surface area contributed by atoms with Gasteiger partial charge in [-0.1, -0.05) is 6.07 Å². The number of carbonyl (C=O) groups is 1. The number of carbonyl (C=O) groups excluding carboxylic acids is 1. The first-order chi connectivity index (χ1) is 7.54. The summed E-state index contributed by atoms with van der Waals surface area (Å²) in [6, 6.07) is 4.20. The van der Waals surface area contributed by atoms with Crippen molar-refractivity contribution in [2.24, 2.45) is 5.73 Å². The van der Waals surface area contributed by atoms with Crippen molar-refractivity contribution in [2.75, 3.05) is 19.0 Å². The Labute approximate surface area is 94.2 Å². The molecule has 1 aromatic rings. The molecular weight excluding hydrogens is 208 g/mol. The van der Waals surface area contributed by atoms with Crippen molar-refractivity contribution >= 4 is 11.6 Å². The average Bonchev–Trinajstić information content (AvgIpc) is 2.23. The monoisotopic (exact) mass is 224 g/mol. The fourth-order valence-electron chi connectivity index (χ4n) is 1.23. The van der Waals surface area contributed by atoms with Gasteiger partial charge in [-0.3, -0.25) is 4.79 Å². The van der Waals surface area contributed by atoms with Crippen LogP contribution in [0.25, 0.3) is 0 Å². The number of anilines is 1. The molecule has 0 heterocycles. The Kier molecular flexibility index (Phi) is 4.28. The second-order valence-electron chi connectivity index (χ2n) is 3.57. The number of methoxy groups -OCH3 is 1. The Hall–Kier alpha value is -1.59. The topological polar surface area (TPSA) is 84.6 Å². The van der Waals surface area contributed by atoms with E-state index in [1.807, 2.05) is 6.92 Å². The molecule has 88 valence electrons. The summed E-state index contributed by atoms with van der Waals surface area (Å²) in [5, 5.41) is 12.1. The van der Waals surface area contributed by atoms with E-state index in [2.05, 4.69) is 5.32 Å². The molecule has 1 rings (SSSR count). The van der Waals surface area contributed by atoms with Crippen LogP contribution in [0.5, 0.6) is 5.75 Å². The number of ether oxygens (including phenoxy) is 1. The van der Waals surface area contributed by atoms with Crippen LogP contribution in [0, 0.1) is 6.92 Å². The summed E-state index contributed by atoms with van der Waals surface area (Å²) in [7, 11) is 1.47. The maximum Gasteiger partial charge on any atom is 0.243 e. The molecule has 1 aromatic carbocycles. The number of aromatic hydroxyl groups is 1. The third kappa shape index (κ3) is 3.22. The van der Waals surface area contributed by atoms with Crippen LogP contribution in [-0.2, 0) is 9.53 Å². The Balaban J connectivity index is 2.72. The zero-order valence-electron chi connectivity index (χ0n) is 9.36. The summed E-state index contributed by atoms with van der Waals surface area (Å²) in [5.74, 6) is -0.369. The van der Waals surface area contributed by atoms with Crippen LogP contribution in [0.3, 0.4) is 0 Å². The predicted octanol–water partition coefficient (Wildman–Crippen LogP) is 0.613. The summed E-state index contributed by atoms with van der Waals surface area (Å²) >= 11 is 0. The molecule has 0 radical (unpaired) electrons. The van der Waals surface area contributed by atoms with Crippen molar-refractivity contribution in [2.45, 2.75) is 13.0 Å². The third-order valence-electron chi connectivity index (χ3n) is 2.09. The number of nitrogens with two attached hydrogens (primary N) is 1. The number of rotatable bonds is 4. The molecule has 0 spiro atoms. The van der Waals surface area contributed by atoms with Crippen molar-refractivity contribution in [3.63, 3.8) is 0 Å². The van der Waals surface area contributed by atoms with Crippen molar-refractivity contribution in [3.05, 3.63) is 23.8 Å². The van der Waals surface area contributed by atoms with Gasteiger partial charge in [0.05, 0.1) is 12.3 Å². The number of nitrogens with one attached hydrogen (secondary N) is 1. The Morgan fingerprint density at radius 3 is 2.94 bits per heavy atom. The van der Waals surface area contributed by atoms with Crippen LogP contribution in [0.15, 0.2) is 18.2 Å². The SMILES string of the molecule is COCC(N)C(=O)Nc1cc(C)ccc1O. The molecule has 0 bridgehead atoms. The minimum atomic E-state index is -0.745. The molecule has 0 aromatic heterocycles. The van der Waals surface area contributed by atoms with E-state index in [4.69, 9.17) is 10.5 Å². The Bertz CT molecular complexity index is 379. The van der Waals surface area contributed by atoms with E-state index in [0.29, 0.717) is 5.69 Å². The van der Waals surface area contributed by atoms with Gasteiger partial charge in [0.2, 0.25) is 5.91 Å². The van der Waals surface area contributed by atoms with Crippen LogP contribution >= 0.6 is 0 Å². The molecule has 4 N–H and O–H groups in total. The van der Waals surface area contributed by atoms with Gasteiger partial charge >= 0.3 is 0 Å². The lowest BCUT2D eigenvalue weighted by molar-refractivity contribution is -0.118. The zero-order chi connectivity index (χ0) is 12.1. The first kappa shape index (κ1) is 12.5. The highest BCUT2D eigenvalue weighted by molar-refractivity contribution is 5.96. The molecular formula is C11H16N2O3. The first-order valence-electron chi connectivity index (χ1n) is 4.89. The van der Waals surface area contributed by atoms with Gasteiger partial charge < -0.3 is 20.9 Å². The Morgan fingerprint density at radius 1 is 1.62 bits per heavy atom. The fourth-order valence-corrected chi connectivity index (χ4v) is 1.23. The minimum Gasteiger partial charge on any atom is -0.506 e. The molecule has 0 aliphatic rings. The Morgan fingerprint density at radius 2 is 2.31 bits per heavy atom. The van der Waals surface area contributed by atoms with Gasteiger partial charge in [0, 0.05) is 7.11 Å². The van der Waals surface area contributed by atoms with Crippen molar-refractivity contribution < 1.29 is 14.6 Å². The van der Waals surface area contributed by atoms with Gasteiger partial charge in [-0.25, -0.2) is 0 Å². The van der Waals surface area contributed by atoms with Gasteiger partial charge in [0.25, 0.3) is 0 Å². The molecule has 1 atom stereocenters. The number of phenolic OH excluding ortho intramolecular Hbond substituents is 1. The van der Waals surface area contributed by atoms with E-state index in [9.17, 15) is 9.90 Å². The van der Waals surface area contributed by atoms with Crippen molar-refractivity contribution in [1.82, 2.24) is 0 Å². The van der Waals surface area contributed by atoms with Crippen molar-refractivity contribution in [3.8, 4) is 5.75 Å². The molecule has 0 fully saturated rings. The van der Waals surface area contributed by atoms with Gasteiger partial charge in [-0.2, -0.15) is 0 Å². The molecule has 0 aliphatic heterocycles. The molecule has 1 amide bonds. The first-order valence-corrected chi connectivity index (χ1v) is 4.89. The van der Waals surface area contributed by atoms with Gasteiger partial charge in [0.1, 0.15) is 11.8 Å². The summed E-state index contributed by atoms with van der Waals surface area (Å²) in [4.78, 5) is 11.5. The number of benzene rings is 1. The second kappa shape index (κ2) is 5.48. The fraction of sp³-hybridized carbons (Fsp3) is 0.364. The molecule has 5 nitrogen and oxygen atoms in total. The molecule has 5 heteroatoms. The van der Waals surface area contributed by atoms with E-state index in [-0.39, 0.29) is 18.3 Å². The van der Waals surface area contributed by atoms with E-state index in [0.717, 1.165) is 5.56 Å². The lowest BCUT2D eigenvalue weighted by Gasteiger charge is -2.12. The van der Waals surface area contributed by atoms with E-state index < -0.39 is 6.04 Å². The van der Waals surface area contributed by atoms with Crippen LogP contribution in [0.4, 0.5) is 5.69 Å². The lowest BCUT2D eigenvalue weighted by atomic mass is 10.2. The quantitative estimate of drug-likeness (QED) is 0.654. The second-order valence-corrected chi connectivity index (χ2v) is 3.57. The van der Waals surface area contributed by atoms with Crippen LogP contribution in [-0.4, -0.2) is 30.8 Å². The van der Waals surface area contributed by atoms with Crippen LogP contribution in [0.1, 0.15) is 5.56 Å². The van der Waals surface area contributed by atoms with E-state index in [1.165, 1.54) is 13.2 Å². The van der Waals surface area contributed by atoms with Crippen LogP contribution < -0.4 is 11.1 Å². The van der Waals surface area contributed by atoms with Gasteiger partial charge in [-0.05, 0) is 24.6 Å². The summed E-state index contributed by atoms with van der Waals surface area (Å²) < 4.78 is 4.77. The third-order valence-corrected chi connectivity index (χ3v) is 2.09. The molecule has 1 unspecified atom stereocenters. The normalized spacial score (nSPS) is 12.2. The highest BCUT2D eigenvalue weighted by Crippen LogP contribution is 2.23. The molecule has 0 saturated carbocycles. The number of phenols is 1. The number of hydrogen-bond acceptors (Lipinski definition) is 4. The highest BCUT2D eigenvalue weighted by Gasteiger charge is 2.14. The molecule has 0 saturated heterocycles. The summed E-state index contributed by atoms with van der Waals surface area (Å²) in [6.45, 7) is 2.00. The lowest BCUT2D eigenvalue weighted by Crippen LogP contribution is -2.39. The zero-order valence-corrected chi connectivity index (χ0v) is 9.36. The van der Waals surface area contributed by atoms with Crippen LogP contribution in [0.2, 0.25) is 0 Å². The summed E-state index contributed by atoms with van der Waals surface area (Å²) in [5.41, 5.74) is 6.84. The highest BCUT2D eigenvalue weighted by atomic mass is 16.5. The largest absolute Gasteiger partial charge is 0.506 e. The van der Waals surface area contributed by atoms with E-state index in [1.54, 1.807) is 12.1 Å². The molecule has 16 heavy (non-hydrogen) atoms.